The summed E-state index contributed by atoms with van der Waals surface area (Å²) in [4.78, 5) is 25.2. The fourth-order valence-electron chi connectivity index (χ4n) is 3.38. The van der Waals surface area contributed by atoms with Crippen molar-refractivity contribution in [2.75, 3.05) is 13.1 Å². The molecule has 2 aromatic rings. The van der Waals surface area contributed by atoms with E-state index in [1.54, 1.807) is 0 Å². The quantitative estimate of drug-likeness (QED) is 0.671. The average molecular weight is 350 g/mol. The molecule has 0 amide bonds. The number of nitrogens with one attached hydrogen (secondary N) is 1. The lowest BCUT2D eigenvalue weighted by atomic mass is 9.90. The van der Waals surface area contributed by atoms with Crippen LogP contribution in [-0.4, -0.2) is 24.7 Å². The molecule has 3 N–H and O–H groups in total. The standard InChI is InChI=1S/C22H26N2O2/c23-11-7-3-1-2-4-8-12-24-20-15-21(25)18-13-16-9-5-6-10-17(16)14-19(18)22(20)26/h5-6,9-10,13-15,24H,1-4,7-8,11-12,23H2. The fourth-order valence-corrected chi connectivity index (χ4v) is 3.38. The van der Waals surface area contributed by atoms with Crippen LogP contribution in [0.5, 0.6) is 0 Å². The number of carbonyl (C=O) groups is 2. The van der Waals surface area contributed by atoms with Crippen molar-refractivity contribution in [3.05, 3.63) is 59.3 Å². The number of hydrogen-bond acceptors (Lipinski definition) is 4. The van der Waals surface area contributed by atoms with Crippen LogP contribution < -0.4 is 11.1 Å². The van der Waals surface area contributed by atoms with E-state index < -0.39 is 0 Å². The Morgan fingerprint density at radius 3 is 2.12 bits per heavy atom. The number of rotatable bonds is 9. The minimum Gasteiger partial charge on any atom is -0.382 e. The number of allylic oxidation sites excluding steroid dienone is 2. The minimum atomic E-state index is -0.102. The lowest BCUT2D eigenvalue weighted by Gasteiger charge is -2.17. The van der Waals surface area contributed by atoms with Crippen molar-refractivity contribution in [3.63, 3.8) is 0 Å². The first kappa shape index (κ1) is 18.3. The Morgan fingerprint density at radius 2 is 1.42 bits per heavy atom. The molecule has 2 aromatic carbocycles. The van der Waals surface area contributed by atoms with Crippen LogP contribution in [0.15, 0.2) is 48.2 Å². The first-order chi connectivity index (χ1) is 12.7. The molecule has 26 heavy (non-hydrogen) atoms. The molecule has 0 bridgehead atoms. The molecule has 4 heteroatoms. The second-order valence-corrected chi connectivity index (χ2v) is 6.83. The largest absolute Gasteiger partial charge is 0.382 e. The van der Waals surface area contributed by atoms with Crippen LogP contribution in [0.25, 0.3) is 10.8 Å². The Bertz CT molecular complexity index is 839. The molecule has 0 aromatic heterocycles. The Kier molecular flexibility index (Phi) is 6.18. The van der Waals surface area contributed by atoms with Gasteiger partial charge in [-0.25, -0.2) is 0 Å². The average Bonchev–Trinajstić information content (AvgIpc) is 2.66. The van der Waals surface area contributed by atoms with Crippen LogP contribution in [0.4, 0.5) is 0 Å². The highest BCUT2D eigenvalue weighted by molar-refractivity contribution is 6.25. The van der Waals surface area contributed by atoms with E-state index >= 15 is 0 Å². The van der Waals surface area contributed by atoms with E-state index in [0.29, 0.717) is 23.4 Å². The van der Waals surface area contributed by atoms with Gasteiger partial charge in [0.15, 0.2) is 5.78 Å². The highest BCUT2D eigenvalue weighted by Crippen LogP contribution is 2.26. The zero-order chi connectivity index (χ0) is 18.4. The van der Waals surface area contributed by atoms with Gasteiger partial charge in [0, 0.05) is 23.7 Å². The maximum atomic E-state index is 12.7. The van der Waals surface area contributed by atoms with Crippen molar-refractivity contribution < 1.29 is 9.59 Å². The highest BCUT2D eigenvalue weighted by Gasteiger charge is 2.25. The molecule has 0 unspecified atom stereocenters. The number of Topliss-reactive ketones (excluding diaryl/α,β-unsaturated/α-hetero) is 1. The Labute approximate surface area is 154 Å². The SMILES string of the molecule is NCCCCCCCCNC1=CC(=O)c2cc3ccccc3cc2C1=O. The summed E-state index contributed by atoms with van der Waals surface area (Å²) in [6.45, 7) is 1.48. The van der Waals surface area contributed by atoms with Crippen molar-refractivity contribution in [2.45, 2.75) is 38.5 Å². The Balaban J connectivity index is 1.59. The van der Waals surface area contributed by atoms with Crippen molar-refractivity contribution in [1.29, 1.82) is 0 Å². The third-order valence-corrected chi connectivity index (χ3v) is 4.86. The van der Waals surface area contributed by atoms with Gasteiger partial charge in [0.25, 0.3) is 0 Å². The molecule has 136 valence electrons. The number of benzene rings is 2. The van der Waals surface area contributed by atoms with Crippen molar-refractivity contribution in [3.8, 4) is 0 Å². The number of fused-ring (bicyclic) bond motifs is 2. The van der Waals surface area contributed by atoms with E-state index in [4.69, 9.17) is 5.73 Å². The van der Waals surface area contributed by atoms with Gasteiger partial charge in [0.05, 0.1) is 5.70 Å². The van der Waals surface area contributed by atoms with Gasteiger partial charge in [0.1, 0.15) is 0 Å². The van der Waals surface area contributed by atoms with Crippen molar-refractivity contribution >= 4 is 22.3 Å². The third kappa shape index (κ3) is 4.20. The summed E-state index contributed by atoms with van der Waals surface area (Å²) < 4.78 is 0. The second-order valence-electron chi connectivity index (χ2n) is 6.83. The van der Waals surface area contributed by atoms with Gasteiger partial charge < -0.3 is 11.1 Å². The van der Waals surface area contributed by atoms with E-state index in [1.807, 2.05) is 36.4 Å². The smallest absolute Gasteiger partial charge is 0.209 e. The number of hydrogen-bond donors (Lipinski definition) is 2. The predicted molar refractivity (Wildman–Crippen MR) is 105 cm³/mol. The van der Waals surface area contributed by atoms with Gasteiger partial charge in [-0.05, 0) is 42.3 Å². The molecule has 4 nitrogen and oxygen atoms in total. The third-order valence-electron chi connectivity index (χ3n) is 4.86. The zero-order valence-electron chi connectivity index (χ0n) is 15.1. The summed E-state index contributed by atoms with van der Waals surface area (Å²) >= 11 is 0. The molecule has 0 heterocycles. The van der Waals surface area contributed by atoms with Gasteiger partial charge in [-0.15, -0.1) is 0 Å². The maximum Gasteiger partial charge on any atom is 0.209 e. The van der Waals surface area contributed by atoms with Crippen LogP contribution in [0, 0.1) is 0 Å². The second kappa shape index (κ2) is 8.77. The van der Waals surface area contributed by atoms with E-state index in [1.165, 1.54) is 25.3 Å². The molecular formula is C22H26N2O2. The molecule has 1 aliphatic carbocycles. The molecule has 0 radical (unpaired) electrons. The van der Waals surface area contributed by atoms with Crippen molar-refractivity contribution in [2.24, 2.45) is 5.73 Å². The van der Waals surface area contributed by atoms with Crippen LogP contribution in [0.1, 0.15) is 59.2 Å². The van der Waals surface area contributed by atoms with Gasteiger partial charge in [0.2, 0.25) is 5.78 Å². The first-order valence-electron chi connectivity index (χ1n) is 9.48. The summed E-state index contributed by atoms with van der Waals surface area (Å²) in [5.41, 5.74) is 6.90. The first-order valence-corrected chi connectivity index (χ1v) is 9.48. The summed E-state index contributed by atoms with van der Waals surface area (Å²) in [5.74, 6) is -0.192. The lowest BCUT2D eigenvalue weighted by molar-refractivity contribution is 0.0978. The molecule has 0 saturated carbocycles. The predicted octanol–water partition coefficient (Wildman–Crippen LogP) is 3.99. The van der Waals surface area contributed by atoms with Crippen LogP contribution in [0.3, 0.4) is 0 Å². The van der Waals surface area contributed by atoms with Crippen LogP contribution in [-0.2, 0) is 0 Å². The molecule has 1 aliphatic rings. The lowest BCUT2D eigenvalue weighted by Crippen LogP contribution is -2.27. The summed E-state index contributed by atoms with van der Waals surface area (Å²) in [5, 5.41) is 5.12. The van der Waals surface area contributed by atoms with Gasteiger partial charge in [-0.2, -0.15) is 0 Å². The van der Waals surface area contributed by atoms with Gasteiger partial charge >= 0.3 is 0 Å². The van der Waals surface area contributed by atoms with E-state index in [0.717, 1.165) is 36.6 Å². The maximum absolute atomic E-state index is 12.7. The van der Waals surface area contributed by atoms with Gasteiger partial charge in [-0.1, -0.05) is 49.9 Å². The Morgan fingerprint density at radius 1 is 0.808 bits per heavy atom. The minimum absolute atomic E-state index is 0.0895. The molecular weight excluding hydrogens is 324 g/mol. The highest BCUT2D eigenvalue weighted by atomic mass is 16.1. The topological polar surface area (TPSA) is 72.2 Å². The zero-order valence-corrected chi connectivity index (χ0v) is 15.1. The summed E-state index contributed by atoms with van der Waals surface area (Å²) in [7, 11) is 0. The van der Waals surface area contributed by atoms with Crippen molar-refractivity contribution in [1.82, 2.24) is 5.32 Å². The number of carbonyl (C=O) groups excluding carboxylic acids is 2. The summed E-state index contributed by atoms with van der Waals surface area (Å²) in [6.07, 6.45) is 8.23. The van der Waals surface area contributed by atoms with E-state index in [9.17, 15) is 9.59 Å². The normalized spacial score (nSPS) is 13.7. The molecule has 0 atom stereocenters. The Hall–Kier alpha value is -2.46. The van der Waals surface area contributed by atoms with E-state index in [2.05, 4.69) is 5.32 Å². The van der Waals surface area contributed by atoms with Crippen LogP contribution >= 0.6 is 0 Å². The molecule has 0 spiro atoms. The fraction of sp³-hybridized carbons (Fsp3) is 0.364. The molecule has 0 fully saturated rings. The van der Waals surface area contributed by atoms with Gasteiger partial charge in [-0.3, -0.25) is 9.59 Å². The molecule has 0 aliphatic heterocycles. The van der Waals surface area contributed by atoms with Crippen LogP contribution in [0.2, 0.25) is 0 Å². The summed E-state index contributed by atoms with van der Waals surface area (Å²) in [6, 6.07) is 11.4. The monoisotopic (exact) mass is 350 g/mol. The number of ketones is 2. The number of unbranched alkanes of at least 4 members (excludes halogenated alkanes) is 5. The molecule has 3 rings (SSSR count). The molecule has 0 saturated heterocycles. The number of nitrogens with two attached hydrogens (primary N) is 1. The van der Waals surface area contributed by atoms with E-state index in [-0.39, 0.29) is 11.6 Å².